The van der Waals surface area contributed by atoms with E-state index < -0.39 is 28.2 Å². The molecule has 2 N–H and O–H groups in total. The molecule has 1 aliphatic heterocycles. The smallest absolute Gasteiger partial charge is 0.326 e. The van der Waals surface area contributed by atoms with Gasteiger partial charge in [0.2, 0.25) is 5.91 Å². The molecule has 0 bridgehead atoms. The van der Waals surface area contributed by atoms with Crippen molar-refractivity contribution in [3.63, 3.8) is 0 Å². The number of carbonyl (C=O) groups is 3. The highest BCUT2D eigenvalue weighted by Crippen LogP contribution is 2.22. The van der Waals surface area contributed by atoms with Crippen LogP contribution in [-0.2, 0) is 4.79 Å². The molecule has 0 saturated heterocycles. The van der Waals surface area contributed by atoms with E-state index in [4.69, 9.17) is 23.2 Å². The summed E-state index contributed by atoms with van der Waals surface area (Å²) < 4.78 is 0. The minimum absolute atomic E-state index is 0.280. The lowest BCUT2D eigenvalue weighted by Gasteiger charge is -2.32. The number of hydrogen-bond acceptors (Lipinski definition) is 4. The Labute approximate surface area is 191 Å². The van der Waals surface area contributed by atoms with E-state index in [0.29, 0.717) is 5.69 Å². The molecule has 0 saturated carbocycles. The van der Waals surface area contributed by atoms with Gasteiger partial charge in [-0.25, -0.2) is 4.79 Å². The van der Waals surface area contributed by atoms with Crippen LogP contribution in [-0.4, -0.2) is 51.0 Å². The third-order valence-electron chi connectivity index (χ3n) is 4.38. The summed E-state index contributed by atoms with van der Waals surface area (Å²) in [4.78, 5) is 38.0. The second-order valence-corrected chi connectivity index (χ2v) is 9.47. The van der Waals surface area contributed by atoms with Gasteiger partial charge in [-0.15, -0.1) is 0 Å². The summed E-state index contributed by atoms with van der Waals surface area (Å²) in [6.45, 7) is 5.66. The number of allylic oxidation sites excluding steroid dienone is 2. The van der Waals surface area contributed by atoms with E-state index >= 15 is 0 Å². The fraction of sp³-hybridized carbons (Fsp3) is 0.381. The van der Waals surface area contributed by atoms with Crippen molar-refractivity contribution in [1.29, 1.82) is 0 Å². The second kappa shape index (κ2) is 10.4. The average molecular weight is 470 g/mol. The highest BCUT2D eigenvalue weighted by molar-refractivity contribution is 7.98. The molecule has 30 heavy (non-hydrogen) atoms. The van der Waals surface area contributed by atoms with Crippen LogP contribution >= 0.6 is 35.0 Å². The number of carbonyl (C=O) groups excluding carboxylic acids is 3. The molecule has 0 aromatic heterocycles. The topological polar surface area (TPSA) is 78.5 Å². The fourth-order valence-electron chi connectivity index (χ4n) is 2.93. The van der Waals surface area contributed by atoms with E-state index in [1.807, 2.05) is 20.1 Å². The van der Waals surface area contributed by atoms with Crippen LogP contribution in [0.1, 0.15) is 29.8 Å². The normalized spacial score (nSPS) is 16.0. The summed E-state index contributed by atoms with van der Waals surface area (Å²) in [5.74, 6) is -0.000183. The summed E-state index contributed by atoms with van der Waals surface area (Å²) in [5, 5.41) is 5.75. The third kappa shape index (κ3) is 6.27. The Morgan fingerprint density at radius 3 is 2.57 bits per heavy atom. The maximum absolute atomic E-state index is 12.9. The number of nitrogens with one attached hydrogen (secondary N) is 2. The number of Topliss-reactive ketones (excluding diaryl/α,β-unsaturated/α-hetero) is 1. The third-order valence-corrected chi connectivity index (χ3v) is 5.79. The van der Waals surface area contributed by atoms with Crippen molar-refractivity contribution in [3.8, 4) is 0 Å². The van der Waals surface area contributed by atoms with Gasteiger partial charge in [-0.3, -0.25) is 14.5 Å². The van der Waals surface area contributed by atoms with Crippen molar-refractivity contribution >= 4 is 58.4 Å². The molecule has 6 nitrogen and oxygen atoms in total. The van der Waals surface area contributed by atoms with Crippen LogP contribution in [0.2, 0.25) is 0 Å². The van der Waals surface area contributed by atoms with Crippen molar-refractivity contribution in [3.05, 3.63) is 53.8 Å². The lowest BCUT2D eigenvalue weighted by Crippen LogP contribution is -2.54. The first-order valence-corrected chi connectivity index (χ1v) is 11.5. The Morgan fingerprint density at radius 1 is 1.23 bits per heavy atom. The number of benzene rings is 1. The van der Waals surface area contributed by atoms with E-state index in [0.717, 1.165) is 11.3 Å². The first-order chi connectivity index (χ1) is 14.1. The number of alkyl halides is 2. The summed E-state index contributed by atoms with van der Waals surface area (Å²) >= 11 is 13.0. The molecule has 0 fully saturated rings. The zero-order chi connectivity index (χ0) is 22.5. The van der Waals surface area contributed by atoms with Crippen LogP contribution in [0.15, 0.2) is 42.6 Å². The van der Waals surface area contributed by atoms with Crippen molar-refractivity contribution in [2.24, 2.45) is 0 Å². The van der Waals surface area contributed by atoms with Crippen LogP contribution in [0.5, 0.6) is 0 Å². The molecule has 0 spiro atoms. The highest BCUT2D eigenvalue weighted by Gasteiger charge is 2.31. The lowest BCUT2D eigenvalue weighted by atomic mass is 10.1. The standard InChI is InChI=1S/C21H25Cl2N3O3S/c1-13-8-9-14(17(27)18(22)23)11-15(13)24-20(29)26-10-6-5-7-16(26)19(28)25-21(2,3)12-30-4/h5-11,16,18H,12H2,1-4H3,(H,24,29)(H,25,28). The Hall–Kier alpha value is -1.96. The Balaban J connectivity index is 2.20. The number of amides is 3. The van der Waals surface area contributed by atoms with Crippen molar-refractivity contribution < 1.29 is 14.4 Å². The summed E-state index contributed by atoms with van der Waals surface area (Å²) in [6, 6.07) is 3.52. The zero-order valence-electron chi connectivity index (χ0n) is 17.2. The van der Waals surface area contributed by atoms with Gasteiger partial charge < -0.3 is 10.6 Å². The lowest BCUT2D eigenvalue weighted by molar-refractivity contribution is -0.124. The molecule has 1 aliphatic rings. The average Bonchev–Trinajstić information content (AvgIpc) is 2.68. The Bertz CT molecular complexity index is 884. The predicted molar refractivity (Wildman–Crippen MR) is 125 cm³/mol. The van der Waals surface area contributed by atoms with Gasteiger partial charge in [-0.2, -0.15) is 11.8 Å². The second-order valence-electron chi connectivity index (χ2n) is 7.51. The Morgan fingerprint density at radius 2 is 1.93 bits per heavy atom. The van der Waals surface area contributed by atoms with Crippen molar-refractivity contribution in [1.82, 2.24) is 10.2 Å². The Kier molecular flexibility index (Phi) is 8.41. The fourth-order valence-corrected chi connectivity index (χ4v) is 3.97. The van der Waals surface area contributed by atoms with Crippen LogP contribution in [0.3, 0.4) is 0 Å². The van der Waals surface area contributed by atoms with E-state index in [2.05, 4.69) is 10.6 Å². The molecule has 1 atom stereocenters. The number of halogens is 2. The number of nitrogens with zero attached hydrogens (tertiary/aromatic N) is 1. The molecule has 0 radical (unpaired) electrons. The van der Waals surface area contributed by atoms with Crippen LogP contribution < -0.4 is 10.6 Å². The summed E-state index contributed by atoms with van der Waals surface area (Å²) in [7, 11) is 0. The van der Waals surface area contributed by atoms with E-state index in [9.17, 15) is 14.4 Å². The van der Waals surface area contributed by atoms with E-state index in [1.54, 1.807) is 55.2 Å². The number of anilines is 1. The zero-order valence-corrected chi connectivity index (χ0v) is 19.6. The maximum Gasteiger partial charge on any atom is 0.326 e. The molecule has 162 valence electrons. The monoisotopic (exact) mass is 469 g/mol. The first-order valence-electron chi connectivity index (χ1n) is 9.24. The molecular formula is C21H25Cl2N3O3S. The minimum Gasteiger partial charge on any atom is -0.348 e. The van der Waals surface area contributed by atoms with Gasteiger partial charge in [-0.1, -0.05) is 47.5 Å². The van der Waals surface area contributed by atoms with Crippen LogP contribution in [0.25, 0.3) is 0 Å². The van der Waals surface area contributed by atoms with Crippen molar-refractivity contribution in [2.75, 3.05) is 17.3 Å². The predicted octanol–water partition coefficient (Wildman–Crippen LogP) is 4.53. The number of hydrogen-bond donors (Lipinski definition) is 2. The van der Waals surface area contributed by atoms with Crippen molar-refractivity contribution in [2.45, 2.75) is 37.2 Å². The SMILES string of the molecule is CSCC(C)(C)NC(=O)C1C=CC=CN1C(=O)Nc1cc(C(=O)C(Cl)Cl)ccc1C. The molecule has 3 amide bonds. The maximum atomic E-state index is 12.9. The van der Waals surface area contributed by atoms with E-state index in [1.165, 1.54) is 11.0 Å². The molecule has 2 rings (SSSR count). The molecule has 1 unspecified atom stereocenters. The number of ketones is 1. The van der Waals surface area contributed by atoms with Gasteiger partial charge >= 0.3 is 6.03 Å². The molecule has 1 aromatic carbocycles. The molecule has 9 heteroatoms. The largest absolute Gasteiger partial charge is 0.348 e. The quantitative estimate of drug-likeness (QED) is 0.454. The summed E-state index contributed by atoms with van der Waals surface area (Å²) in [6.07, 6.45) is 8.56. The summed E-state index contributed by atoms with van der Waals surface area (Å²) in [5.41, 5.74) is 1.05. The number of rotatable bonds is 7. The highest BCUT2D eigenvalue weighted by atomic mass is 35.5. The van der Waals surface area contributed by atoms with Gasteiger partial charge in [-0.05, 0) is 44.7 Å². The van der Waals surface area contributed by atoms with Crippen LogP contribution in [0, 0.1) is 6.92 Å². The number of thioether (sulfide) groups is 1. The molecule has 1 heterocycles. The van der Waals surface area contributed by atoms with Crippen LogP contribution in [0.4, 0.5) is 10.5 Å². The van der Waals surface area contributed by atoms with Gasteiger partial charge in [0.25, 0.3) is 0 Å². The van der Waals surface area contributed by atoms with Gasteiger partial charge in [0.05, 0.1) is 0 Å². The molecule has 0 aliphatic carbocycles. The van der Waals surface area contributed by atoms with Gasteiger partial charge in [0.15, 0.2) is 10.6 Å². The number of urea groups is 1. The van der Waals surface area contributed by atoms with Gasteiger partial charge in [0.1, 0.15) is 6.04 Å². The van der Waals surface area contributed by atoms with Gasteiger partial charge in [0, 0.05) is 28.7 Å². The van der Waals surface area contributed by atoms with E-state index in [-0.39, 0.29) is 11.5 Å². The molecular weight excluding hydrogens is 445 g/mol. The number of aryl methyl sites for hydroxylation is 1. The minimum atomic E-state index is -1.19. The first kappa shape index (κ1) is 24.3. The molecule has 1 aromatic rings.